The molecule has 0 aromatic heterocycles. The first-order valence-electron chi connectivity index (χ1n) is 9.26. The minimum absolute atomic E-state index is 0.0588. The zero-order chi connectivity index (χ0) is 19.2. The van der Waals surface area contributed by atoms with Crippen molar-refractivity contribution in [3.8, 4) is 11.5 Å². The molecule has 1 fully saturated rings. The Balaban J connectivity index is 1.60. The fraction of sp³-hybridized carbons (Fsp3) is 0.381. The zero-order valence-corrected chi connectivity index (χ0v) is 16.2. The molecule has 0 radical (unpaired) electrons. The van der Waals surface area contributed by atoms with Crippen LogP contribution in [0, 0.1) is 0 Å². The van der Waals surface area contributed by atoms with Crippen molar-refractivity contribution in [2.24, 2.45) is 0 Å². The van der Waals surface area contributed by atoms with Crippen molar-refractivity contribution in [1.29, 1.82) is 0 Å². The van der Waals surface area contributed by atoms with E-state index in [1.165, 1.54) is 5.56 Å². The van der Waals surface area contributed by atoms with Crippen molar-refractivity contribution in [3.63, 3.8) is 0 Å². The van der Waals surface area contributed by atoms with Crippen molar-refractivity contribution < 1.29 is 14.3 Å². The van der Waals surface area contributed by atoms with Gasteiger partial charge in [0.05, 0.1) is 19.9 Å². The van der Waals surface area contributed by atoms with Crippen LogP contribution in [0.3, 0.4) is 0 Å². The average molecular weight is 369 g/mol. The predicted molar refractivity (Wildman–Crippen MR) is 108 cm³/mol. The molecule has 144 valence electrons. The van der Waals surface area contributed by atoms with E-state index in [9.17, 15) is 4.79 Å². The molecule has 2 aromatic carbocycles. The quantitative estimate of drug-likeness (QED) is 0.875. The number of benzene rings is 2. The van der Waals surface area contributed by atoms with Crippen LogP contribution in [0.5, 0.6) is 11.5 Å². The fourth-order valence-electron chi connectivity index (χ4n) is 3.22. The number of hydrogen-bond donors (Lipinski definition) is 1. The summed E-state index contributed by atoms with van der Waals surface area (Å²) in [6.45, 7) is 4.90. The number of amides is 2. The lowest BCUT2D eigenvalue weighted by atomic mass is 10.1. The lowest BCUT2D eigenvalue weighted by Crippen LogP contribution is -2.50. The molecule has 0 bridgehead atoms. The highest BCUT2D eigenvalue weighted by molar-refractivity contribution is 5.89. The lowest BCUT2D eigenvalue weighted by molar-refractivity contribution is 0.208. The van der Waals surface area contributed by atoms with Gasteiger partial charge in [-0.15, -0.1) is 0 Å². The summed E-state index contributed by atoms with van der Waals surface area (Å²) in [6.07, 6.45) is 0.990. The third kappa shape index (κ3) is 4.45. The Morgan fingerprint density at radius 3 is 2.30 bits per heavy atom. The molecular formula is C21H27N3O3. The van der Waals surface area contributed by atoms with Crippen LogP contribution in [0.2, 0.25) is 0 Å². The van der Waals surface area contributed by atoms with Crippen LogP contribution < -0.4 is 19.7 Å². The molecule has 2 aromatic rings. The van der Waals surface area contributed by atoms with Crippen LogP contribution in [0.1, 0.15) is 12.5 Å². The molecule has 6 heteroatoms. The van der Waals surface area contributed by atoms with Gasteiger partial charge in [0.1, 0.15) is 11.5 Å². The average Bonchev–Trinajstić information content (AvgIpc) is 2.73. The summed E-state index contributed by atoms with van der Waals surface area (Å²) in [5.74, 6) is 1.60. The second kappa shape index (κ2) is 8.66. The van der Waals surface area contributed by atoms with Crippen LogP contribution in [0.15, 0.2) is 42.5 Å². The Kier molecular flexibility index (Phi) is 6.06. The molecular weight excluding hydrogens is 342 g/mol. The molecule has 3 rings (SSSR count). The molecule has 0 spiro atoms. The highest BCUT2D eigenvalue weighted by atomic mass is 16.5. The molecule has 27 heavy (non-hydrogen) atoms. The summed E-state index contributed by atoms with van der Waals surface area (Å²) in [5.41, 5.74) is 3.08. The van der Waals surface area contributed by atoms with Gasteiger partial charge in [-0.25, -0.2) is 4.79 Å². The Labute approximate surface area is 160 Å². The van der Waals surface area contributed by atoms with E-state index in [1.54, 1.807) is 14.2 Å². The number of aryl methyl sites for hydroxylation is 1. The van der Waals surface area contributed by atoms with Gasteiger partial charge in [0, 0.05) is 37.9 Å². The van der Waals surface area contributed by atoms with E-state index >= 15 is 0 Å². The first kappa shape index (κ1) is 18.9. The van der Waals surface area contributed by atoms with Gasteiger partial charge >= 0.3 is 6.03 Å². The number of urea groups is 1. The highest BCUT2D eigenvalue weighted by Gasteiger charge is 2.23. The number of nitrogens with zero attached hydrogens (tertiary/aromatic N) is 2. The smallest absolute Gasteiger partial charge is 0.321 e. The number of nitrogens with one attached hydrogen (secondary N) is 1. The van der Waals surface area contributed by atoms with Crippen LogP contribution >= 0.6 is 0 Å². The van der Waals surface area contributed by atoms with Crippen molar-refractivity contribution in [3.05, 3.63) is 48.0 Å². The Bertz CT molecular complexity index is 769. The molecule has 0 unspecified atom stereocenters. The number of methoxy groups -OCH3 is 2. The minimum atomic E-state index is -0.0588. The molecule has 1 heterocycles. The minimum Gasteiger partial charge on any atom is -0.497 e. The van der Waals surface area contributed by atoms with Crippen LogP contribution in [0.25, 0.3) is 0 Å². The highest BCUT2D eigenvalue weighted by Crippen LogP contribution is 2.32. The molecule has 1 aliphatic heterocycles. The van der Waals surface area contributed by atoms with Gasteiger partial charge in [-0.3, -0.25) is 0 Å². The van der Waals surface area contributed by atoms with Crippen molar-refractivity contribution >= 4 is 17.4 Å². The van der Waals surface area contributed by atoms with Crippen molar-refractivity contribution in [1.82, 2.24) is 4.90 Å². The van der Waals surface area contributed by atoms with Crippen molar-refractivity contribution in [2.75, 3.05) is 50.6 Å². The monoisotopic (exact) mass is 369 g/mol. The third-order valence-electron chi connectivity index (χ3n) is 4.91. The molecule has 0 aliphatic carbocycles. The van der Waals surface area contributed by atoms with Gasteiger partial charge in [0.2, 0.25) is 0 Å². The van der Waals surface area contributed by atoms with E-state index in [1.807, 2.05) is 47.4 Å². The summed E-state index contributed by atoms with van der Waals surface area (Å²) in [6, 6.07) is 13.7. The summed E-state index contributed by atoms with van der Waals surface area (Å²) in [5, 5.41) is 2.98. The second-order valence-corrected chi connectivity index (χ2v) is 6.49. The number of carbonyl (C=O) groups excluding carboxylic acids is 1. The number of ether oxygens (including phenoxy) is 2. The maximum atomic E-state index is 12.5. The number of carbonyl (C=O) groups is 1. The van der Waals surface area contributed by atoms with E-state index in [4.69, 9.17) is 9.47 Å². The topological polar surface area (TPSA) is 54.0 Å². The van der Waals surface area contributed by atoms with Gasteiger partial charge in [-0.05, 0) is 36.2 Å². The first-order chi connectivity index (χ1) is 13.1. The van der Waals surface area contributed by atoms with E-state index < -0.39 is 0 Å². The molecule has 1 saturated heterocycles. The Hall–Kier alpha value is -2.89. The lowest BCUT2D eigenvalue weighted by Gasteiger charge is -2.36. The second-order valence-electron chi connectivity index (χ2n) is 6.49. The zero-order valence-electron chi connectivity index (χ0n) is 16.2. The van der Waals surface area contributed by atoms with E-state index in [0.717, 1.165) is 42.4 Å². The van der Waals surface area contributed by atoms with Gasteiger partial charge < -0.3 is 24.6 Å². The van der Waals surface area contributed by atoms with Crippen LogP contribution in [-0.2, 0) is 6.42 Å². The maximum Gasteiger partial charge on any atom is 0.321 e. The fourth-order valence-corrected chi connectivity index (χ4v) is 3.22. The summed E-state index contributed by atoms with van der Waals surface area (Å²) in [4.78, 5) is 16.6. The molecule has 2 amide bonds. The van der Waals surface area contributed by atoms with Gasteiger partial charge in [-0.2, -0.15) is 0 Å². The number of rotatable bonds is 5. The Morgan fingerprint density at radius 1 is 1.00 bits per heavy atom. The van der Waals surface area contributed by atoms with Gasteiger partial charge in [0.15, 0.2) is 0 Å². The number of piperazine rings is 1. The summed E-state index contributed by atoms with van der Waals surface area (Å²) < 4.78 is 10.8. The van der Waals surface area contributed by atoms with Gasteiger partial charge in [-0.1, -0.05) is 19.1 Å². The number of anilines is 2. The molecule has 1 N–H and O–H groups in total. The third-order valence-corrected chi connectivity index (χ3v) is 4.91. The van der Waals surface area contributed by atoms with Gasteiger partial charge in [0.25, 0.3) is 0 Å². The predicted octanol–water partition coefficient (Wildman–Crippen LogP) is 3.62. The Morgan fingerprint density at radius 2 is 1.70 bits per heavy atom. The standard InChI is InChI=1S/C21H27N3O3/c1-4-16-5-7-17(8-6-16)22-21(25)24-13-11-23(12-14-24)19-15-18(26-2)9-10-20(19)27-3/h5-10,15H,4,11-14H2,1-3H3,(H,22,25). The van der Waals surface area contributed by atoms with E-state index in [2.05, 4.69) is 17.1 Å². The summed E-state index contributed by atoms with van der Waals surface area (Å²) in [7, 11) is 3.32. The van der Waals surface area contributed by atoms with Crippen molar-refractivity contribution in [2.45, 2.75) is 13.3 Å². The first-order valence-corrected chi connectivity index (χ1v) is 9.26. The maximum absolute atomic E-state index is 12.5. The molecule has 0 saturated carbocycles. The summed E-state index contributed by atoms with van der Waals surface area (Å²) >= 11 is 0. The van der Waals surface area contributed by atoms with Crippen LogP contribution in [-0.4, -0.2) is 51.3 Å². The molecule has 6 nitrogen and oxygen atoms in total. The number of hydrogen-bond acceptors (Lipinski definition) is 4. The SMILES string of the molecule is CCc1ccc(NC(=O)N2CCN(c3cc(OC)ccc3OC)CC2)cc1. The largest absolute Gasteiger partial charge is 0.497 e. The van der Waals surface area contributed by atoms with E-state index in [0.29, 0.717) is 13.1 Å². The normalized spacial score (nSPS) is 14.0. The molecule has 1 aliphatic rings. The van der Waals surface area contributed by atoms with Crippen LogP contribution in [0.4, 0.5) is 16.2 Å². The van der Waals surface area contributed by atoms with E-state index in [-0.39, 0.29) is 6.03 Å². The molecule has 0 atom stereocenters.